The van der Waals surface area contributed by atoms with Crippen molar-refractivity contribution in [1.82, 2.24) is 20.2 Å². The molecule has 10 heavy (non-hydrogen) atoms. The fourth-order valence-electron chi connectivity index (χ4n) is 0.585. The molecule has 1 aromatic rings. The third-order valence-corrected chi connectivity index (χ3v) is 3.46. The molecule has 0 N–H and O–H groups in total. The first kappa shape index (κ1) is 7.73. The standard InChI is InChI=1S/C5H11AsN4/c1-6(2)3-4-10-5-7-8-9-10/h5H,3-4H2,1-2H3. The van der Waals surface area contributed by atoms with Crippen LogP contribution in [0.2, 0.25) is 16.6 Å². The van der Waals surface area contributed by atoms with Gasteiger partial charge in [-0.05, 0) is 0 Å². The van der Waals surface area contributed by atoms with Crippen molar-refractivity contribution in [2.45, 2.75) is 23.2 Å². The maximum atomic E-state index is 3.77. The van der Waals surface area contributed by atoms with Gasteiger partial charge in [0.1, 0.15) is 0 Å². The molecular weight excluding hydrogens is 191 g/mol. The SMILES string of the molecule is C[As](C)CCn1cnnn1. The Morgan fingerprint density at radius 2 is 2.30 bits per heavy atom. The van der Waals surface area contributed by atoms with E-state index in [0.717, 1.165) is 6.54 Å². The topological polar surface area (TPSA) is 43.6 Å². The zero-order chi connectivity index (χ0) is 7.40. The zero-order valence-corrected chi connectivity index (χ0v) is 8.10. The summed E-state index contributed by atoms with van der Waals surface area (Å²) in [6, 6.07) is 0. The molecule has 0 saturated carbocycles. The molecule has 0 atom stereocenters. The van der Waals surface area contributed by atoms with Gasteiger partial charge in [0, 0.05) is 0 Å². The molecule has 1 rings (SSSR count). The summed E-state index contributed by atoms with van der Waals surface area (Å²) in [5.41, 5.74) is 4.66. The molecule has 0 amide bonds. The summed E-state index contributed by atoms with van der Waals surface area (Å²) < 4.78 is 1.79. The minimum atomic E-state index is -0.489. The number of aryl methyl sites for hydroxylation is 1. The molecule has 1 heterocycles. The van der Waals surface area contributed by atoms with Gasteiger partial charge >= 0.3 is 64.4 Å². The Bertz CT molecular complexity index is 172. The number of nitrogens with zero attached hydrogens (tertiary/aromatic N) is 4. The second-order valence-corrected chi connectivity index (χ2v) is 7.84. The van der Waals surface area contributed by atoms with Crippen LogP contribution in [0.25, 0.3) is 0 Å². The molecule has 0 aliphatic rings. The van der Waals surface area contributed by atoms with Gasteiger partial charge in [0.25, 0.3) is 0 Å². The normalized spacial score (nSPS) is 10.7. The summed E-state index contributed by atoms with van der Waals surface area (Å²) in [5, 5.41) is 12.1. The van der Waals surface area contributed by atoms with E-state index in [1.807, 2.05) is 0 Å². The van der Waals surface area contributed by atoms with Crippen LogP contribution in [-0.2, 0) is 6.54 Å². The average molecular weight is 202 g/mol. The average Bonchev–Trinajstić information content (AvgIpc) is 2.34. The predicted molar refractivity (Wildman–Crippen MR) is 40.1 cm³/mol. The summed E-state index contributed by atoms with van der Waals surface area (Å²) in [5.74, 6) is 0. The molecule has 1 aromatic heterocycles. The quantitative estimate of drug-likeness (QED) is 0.667. The van der Waals surface area contributed by atoms with Crippen molar-refractivity contribution in [3.05, 3.63) is 6.33 Å². The Morgan fingerprint density at radius 1 is 1.50 bits per heavy atom. The van der Waals surface area contributed by atoms with E-state index in [-0.39, 0.29) is 0 Å². The third-order valence-electron chi connectivity index (χ3n) is 1.17. The van der Waals surface area contributed by atoms with Crippen molar-refractivity contribution in [3.8, 4) is 0 Å². The van der Waals surface area contributed by atoms with E-state index < -0.39 is 14.7 Å². The maximum absolute atomic E-state index is 3.77. The van der Waals surface area contributed by atoms with Crippen molar-refractivity contribution < 1.29 is 0 Å². The fraction of sp³-hybridized carbons (Fsp3) is 0.800. The first-order valence-corrected chi connectivity index (χ1v) is 8.22. The van der Waals surface area contributed by atoms with Gasteiger partial charge in [-0.15, -0.1) is 0 Å². The van der Waals surface area contributed by atoms with Crippen LogP contribution in [0.1, 0.15) is 0 Å². The van der Waals surface area contributed by atoms with E-state index in [1.54, 1.807) is 11.0 Å². The van der Waals surface area contributed by atoms with Gasteiger partial charge < -0.3 is 0 Å². The molecule has 0 unspecified atom stereocenters. The summed E-state index contributed by atoms with van der Waals surface area (Å²) in [6.45, 7) is 0.986. The molecular formula is C5H11AsN4. The minimum absolute atomic E-state index is 0.489. The number of aromatic nitrogens is 4. The summed E-state index contributed by atoms with van der Waals surface area (Å²) in [4.78, 5) is 0. The summed E-state index contributed by atoms with van der Waals surface area (Å²) >= 11 is -0.489. The Kier molecular flexibility index (Phi) is 2.87. The van der Waals surface area contributed by atoms with E-state index >= 15 is 0 Å². The van der Waals surface area contributed by atoms with Crippen molar-refractivity contribution >= 4 is 14.7 Å². The summed E-state index contributed by atoms with van der Waals surface area (Å²) in [7, 11) is 0. The first-order chi connectivity index (χ1) is 4.79. The Morgan fingerprint density at radius 3 is 2.80 bits per heavy atom. The zero-order valence-electron chi connectivity index (χ0n) is 6.23. The molecule has 0 saturated heterocycles. The van der Waals surface area contributed by atoms with Crippen molar-refractivity contribution in [1.29, 1.82) is 0 Å². The Hall–Kier alpha value is -0.372. The van der Waals surface area contributed by atoms with Gasteiger partial charge in [0.2, 0.25) is 0 Å². The summed E-state index contributed by atoms with van der Waals surface area (Å²) in [6.07, 6.45) is 1.66. The van der Waals surface area contributed by atoms with Crippen LogP contribution in [0.4, 0.5) is 0 Å². The van der Waals surface area contributed by atoms with E-state index in [0.29, 0.717) is 0 Å². The number of hydrogen-bond acceptors (Lipinski definition) is 3. The molecule has 0 aromatic carbocycles. The predicted octanol–water partition coefficient (Wildman–Crippen LogP) is 0.427. The molecule has 0 fully saturated rings. The second kappa shape index (κ2) is 3.71. The van der Waals surface area contributed by atoms with Crippen LogP contribution in [0, 0.1) is 0 Å². The van der Waals surface area contributed by atoms with Crippen LogP contribution < -0.4 is 0 Å². The molecule has 0 bridgehead atoms. The van der Waals surface area contributed by atoms with Crippen LogP contribution in [0.5, 0.6) is 0 Å². The second-order valence-electron chi connectivity index (χ2n) is 2.38. The van der Waals surface area contributed by atoms with Crippen molar-refractivity contribution in [2.75, 3.05) is 0 Å². The molecule has 56 valence electrons. The number of tetrazole rings is 1. The molecule has 5 heteroatoms. The fourth-order valence-corrected chi connectivity index (χ4v) is 1.85. The first-order valence-electron chi connectivity index (χ1n) is 3.14. The molecule has 0 spiro atoms. The van der Waals surface area contributed by atoms with Crippen LogP contribution in [0.3, 0.4) is 0 Å². The van der Waals surface area contributed by atoms with Crippen LogP contribution in [0.15, 0.2) is 6.33 Å². The van der Waals surface area contributed by atoms with Crippen LogP contribution >= 0.6 is 0 Å². The third kappa shape index (κ3) is 2.48. The van der Waals surface area contributed by atoms with Gasteiger partial charge in [-0.3, -0.25) is 0 Å². The van der Waals surface area contributed by atoms with Gasteiger partial charge in [-0.1, -0.05) is 0 Å². The molecule has 4 nitrogen and oxygen atoms in total. The van der Waals surface area contributed by atoms with E-state index in [4.69, 9.17) is 0 Å². The Labute approximate surface area is 64.9 Å². The van der Waals surface area contributed by atoms with Crippen LogP contribution in [-0.4, -0.2) is 34.9 Å². The van der Waals surface area contributed by atoms with E-state index in [9.17, 15) is 0 Å². The van der Waals surface area contributed by atoms with Crippen molar-refractivity contribution in [2.24, 2.45) is 0 Å². The van der Waals surface area contributed by atoms with Gasteiger partial charge in [-0.2, -0.15) is 0 Å². The van der Waals surface area contributed by atoms with Gasteiger partial charge in [-0.25, -0.2) is 0 Å². The monoisotopic (exact) mass is 202 g/mol. The van der Waals surface area contributed by atoms with Gasteiger partial charge in [0.05, 0.1) is 0 Å². The van der Waals surface area contributed by atoms with Crippen molar-refractivity contribution in [3.63, 3.8) is 0 Å². The molecule has 0 radical (unpaired) electrons. The molecule has 0 aliphatic heterocycles. The Balaban J connectivity index is 2.28. The van der Waals surface area contributed by atoms with E-state index in [1.165, 1.54) is 5.21 Å². The number of rotatable bonds is 3. The number of hydrogen-bond donors (Lipinski definition) is 0. The molecule has 0 aliphatic carbocycles. The van der Waals surface area contributed by atoms with E-state index in [2.05, 4.69) is 26.9 Å². The van der Waals surface area contributed by atoms with Gasteiger partial charge in [0.15, 0.2) is 0 Å².